The summed E-state index contributed by atoms with van der Waals surface area (Å²) in [5.41, 5.74) is 2.98. The van der Waals surface area contributed by atoms with Crippen molar-refractivity contribution in [2.45, 2.75) is 12.5 Å². The summed E-state index contributed by atoms with van der Waals surface area (Å²) in [5.74, 6) is 1.03. The van der Waals surface area contributed by atoms with Crippen molar-refractivity contribution in [1.82, 2.24) is 15.0 Å². The van der Waals surface area contributed by atoms with E-state index in [1.165, 1.54) is 5.56 Å². The largest absolute Gasteiger partial charge is 0.391 e. The van der Waals surface area contributed by atoms with Gasteiger partial charge in [0.2, 0.25) is 0 Å². The van der Waals surface area contributed by atoms with Crippen LogP contribution in [0.15, 0.2) is 55.0 Å². The Kier molecular flexibility index (Phi) is 3.63. The normalized spacial score (nSPS) is 21.0. The predicted octanol–water partition coefficient (Wildman–Crippen LogP) is 2.06. The monoisotopic (exact) mass is 306 g/mol. The Bertz CT molecular complexity index is 808. The Hall–Kier alpha value is -2.53. The molecule has 1 aromatic carbocycles. The second kappa shape index (κ2) is 5.93. The van der Waals surface area contributed by atoms with E-state index in [1.54, 1.807) is 18.6 Å². The van der Waals surface area contributed by atoms with Gasteiger partial charge in [0.15, 0.2) is 0 Å². The molecule has 23 heavy (non-hydrogen) atoms. The molecule has 4 rings (SSSR count). The van der Waals surface area contributed by atoms with Crippen LogP contribution in [0, 0.1) is 5.92 Å². The minimum absolute atomic E-state index is 0.200. The van der Waals surface area contributed by atoms with Crippen LogP contribution in [0.4, 0.5) is 5.82 Å². The number of anilines is 1. The van der Waals surface area contributed by atoms with E-state index in [9.17, 15) is 5.11 Å². The Balaban J connectivity index is 1.53. The fourth-order valence-corrected chi connectivity index (χ4v) is 3.16. The van der Waals surface area contributed by atoms with Crippen LogP contribution in [0.5, 0.6) is 0 Å². The van der Waals surface area contributed by atoms with Crippen molar-refractivity contribution >= 4 is 16.9 Å². The quantitative estimate of drug-likeness (QED) is 0.802. The first kappa shape index (κ1) is 14.1. The predicted molar refractivity (Wildman–Crippen MR) is 89.2 cm³/mol. The first-order valence-electron chi connectivity index (χ1n) is 7.83. The SMILES string of the molecule is O[C@@H]1CN(c2cnc3ccccc3n2)C[C@H]1Cc1ccncc1. The molecule has 0 radical (unpaired) electrons. The maximum atomic E-state index is 10.4. The van der Waals surface area contributed by atoms with Crippen molar-refractivity contribution in [3.8, 4) is 0 Å². The smallest absolute Gasteiger partial charge is 0.147 e. The molecule has 3 heterocycles. The lowest BCUT2D eigenvalue weighted by Crippen LogP contribution is -2.22. The Morgan fingerprint density at radius 2 is 1.83 bits per heavy atom. The van der Waals surface area contributed by atoms with Gasteiger partial charge >= 0.3 is 0 Å². The van der Waals surface area contributed by atoms with Crippen molar-refractivity contribution < 1.29 is 5.11 Å². The summed E-state index contributed by atoms with van der Waals surface area (Å²) in [4.78, 5) is 15.3. The molecule has 5 nitrogen and oxygen atoms in total. The van der Waals surface area contributed by atoms with Gasteiger partial charge in [0, 0.05) is 31.4 Å². The number of pyridine rings is 1. The molecule has 1 fully saturated rings. The minimum atomic E-state index is -0.351. The van der Waals surface area contributed by atoms with Gasteiger partial charge in [-0.3, -0.25) is 9.97 Å². The van der Waals surface area contributed by atoms with E-state index >= 15 is 0 Å². The van der Waals surface area contributed by atoms with Gasteiger partial charge in [-0.05, 0) is 36.2 Å². The molecule has 2 aromatic heterocycles. The third-order valence-electron chi connectivity index (χ3n) is 4.41. The van der Waals surface area contributed by atoms with E-state index in [0.29, 0.717) is 6.54 Å². The van der Waals surface area contributed by atoms with E-state index in [-0.39, 0.29) is 12.0 Å². The van der Waals surface area contributed by atoms with Gasteiger partial charge in [0.1, 0.15) is 5.82 Å². The zero-order valence-electron chi connectivity index (χ0n) is 12.7. The van der Waals surface area contributed by atoms with E-state index in [4.69, 9.17) is 0 Å². The number of para-hydroxylation sites is 2. The van der Waals surface area contributed by atoms with E-state index in [2.05, 4.69) is 19.9 Å². The van der Waals surface area contributed by atoms with Gasteiger partial charge in [-0.2, -0.15) is 0 Å². The topological polar surface area (TPSA) is 62.1 Å². The molecule has 0 amide bonds. The summed E-state index contributed by atoms with van der Waals surface area (Å²) in [7, 11) is 0. The van der Waals surface area contributed by atoms with Gasteiger partial charge in [-0.1, -0.05) is 12.1 Å². The average molecular weight is 306 g/mol. The number of benzene rings is 1. The highest BCUT2D eigenvalue weighted by Crippen LogP contribution is 2.26. The summed E-state index contributed by atoms with van der Waals surface area (Å²) >= 11 is 0. The van der Waals surface area contributed by atoms with Gasteiger partial charge in [-0.25, -0.2) is 4.98 Å². The molecular formula is C18H18N4O. The van der Waals surface area contributed by atoms with Gasteiger partial charge in [-0.15, -0.1) is 0 Å². The lowest BCUT2D eigenvalue weighted by Gasteiger charge is -2.17. The third-order valence-corrected chi connectivity index (χ3v) is 4.41. The Morgan fingerprint density at radius 3 is 2.65 bits per heavy atom. The molecule has 0 spiro atoms. The standard InChI is InChI=1S/C18H18N4O/c23-17-12-22(11-14(17)9-13-5-7-19-8-6-13)18-10-20-15-3-1-2-4-16(15)21-18/h1-8,10,14,17,23H,9,11-12H2/t14-,17-/m1/s1. The molecule has 3 aromatic rings. The van der Waals surface area contributed by atoms with Crippen molar-refractivity contribution in [2.75, 3.05) is 18.0 Å². The molecule has 1 saturated heterocycles. The van der Waals surface area contributed by atoms with Crippen LogP contribution < -0.4 is 4.90 Å². The van der Waals surface area contributed by atoms with Crippen LogP contribution >= 0.6 is 0 Å². The number of aromatic nitrogens is 3. The maximum absolute atomic E-state index is 10.4. The third kappa shape index (κ3) is 2.87. The highest BCUT2D eigenvalue weighted by molar-refractivity contribution is 5.75. The van der Waals surface area contributed by atoms with Crippen LogP contribution in [-0.4, -0.2) is 39.3 Å². The fourth-order valence-electron chi connectivity index (χ4n) is 3.16. The first-order valence-corrected chi connectivity index (χ1v) is 7.83. The number of rotatable bonds is 3. The number of aliphatic hydroxyl groups excluding tert-OH is 1. The molecule has 116 valence electrons. The van der Waals surface area contributed by atoms with E-state index < -0.39 is 0 Å². The number of hydrogen-bond acceptors (Lipinski definition) is 5. The molecular weight excluding hydrogens is 288 g/mol. The molecule has 1 N–H and O–H groups in total. The van der Waals surface area contributed by atoms with Crippen molar-refractivity contribution in [2.24, 2.45) is 5.92 Å². The molecule has 2 atom stereocenters. The Morgan fingerprint density at radius 1 is 1.04 bits per heavy atom. The highest BCUT2D eigenvalue weighted by Gasteiger charge is 2.32. The molecule has 0 unspecified atom stereocenters. The summed E-state index contributed by atoms with van der Waals surface area (Å²) in [5, 5.41) is 10.4. The molecule has 1 aliphatic rings. The van der Waals surface area contributed by atoms with Gasteiger partial charge in [0.05, 0.1) is 23.3 Å². The molecule has 1 aliphatic heterocycles. The lowest BCUT2D eigenvalue weighted by atomic mass is 9.97. The average Bonchev–Trinajstić information content (AvgIpc) is 2.96. The lowest BCUT2D eigenvalue weighted by molar-refractivity contribution is 0.148. The van der Waals surface area contributed by atoms with Crippen molar-refractivity contribution in [3.63, 3.8) is 0 Å². The molecule has 0 saturated carbocycles. The number of hydrogen-bond donors (Lipinski definition) is 1. The number of nitrogens with zero attached hydrogens (tertiary/aromatic N) is 4. The van der Waals surface area contributed by atoms with Crippen LogP contribution in [0.2, 0.25) is 0 Å². The minimum Gasteiger partial charge on any atom is -0.391 e. The second-order valence-corrected chi connectivity index (χ2v) is 6.01. The van der Waals surface area contributed by atoms with Crippen LogP contribution in [0.25, 0.3) is 11.0 Å². The first-order chi connectivity index (χ1) is 11.3. The second-order valence-electron chi connectivity index (χ2n) is 6.01. The van der Waals surface area contributed by atoms with Crippen LogP contribution in [0.1, 0.15) is 5.56 Å². The zero-order valence-corrected chi connectivity index (χ0v) is 12.7. The Labute approximate surface area is 134 Å². The van der Waals surface area contributed by atoms with Crippen molar-refractivity contribution in [3.05, 3.63) is 60.6 Å². The molecule has 0 aliphatic carbocycles. The highest BCUT2D eigenvalue weighted by atomic mass is 16.3. The summed E-state index contributed by atoms with van der Waals surface area (Å²) in [6.45, 7) is 1.39. The zero-order chi connectivity index (χ0) is 15.6. The van der Waals surface area contributed by atoms with Crippen molar-refractivity contribution in [1.29, 1.82) is 0 Å². The maximum Gasteiger partial charge on any atom is 0.147 e. The number of fused-ring (bicyclic) bond motifs is 1. The summed E-state index contributed by atoms with van der Waals surface area (Å²) in [6.07, 6.45) is 5.88. The van der Waals surface area contributed by atoms with E-state index in [1.807, 2.05) is 36.4 Å². The van der Waals surface area contributed by atoms with E-state index in [0.717, 1.165) is 29.8 Å². The van der Waals surface area contributed by atoms with Gasteiger partial charge < -0.3 is 10.0 Å². The number of β-amino-alcohol motifs (C(OH)–C–C–N with tert-alkyl or cyclic N) is 1. The van der Waals surface area contributed by atoms with Crippen LogP contribution in [-0.2, 0) is 6.42 Å². The summed E-state index contributed by atoms with van der Waals surface area (Å²) < 4.78 is 0. The van der Waals surface area contributed by atoms with Crippen LogP contribution in [0.3, 0.4) is 0 Å². The molecule has 5 heteroatoms. The summed E-state index contributed by atoms with van der Waals surface area (Å²) in [6, 6.07) is 11.9. The number of aliphatic hydroxyl groups is 1. The van der Waals surface area contributed by atoms with Gasteiger partial charge in [0.25, 0.3) is 0 Å². The molecule has 0 bridgehead atoms. The fraction of sp³-hybridized carbons (Fsp3) is 0.278.